The zero-order chi connectivity index (χ0) is 17.4. The maximum absolute atomic E-state index is 12.0. The summed E-state index contributed by atoms with van der Waals surface area (Å²) in [4.78, 5) is 18.7. The molecule has 5 nitrogen and oxygen atoms in total. The lowest BCUT2D eigenvalue weighted by atomic mass is 9.79. The molecule has 3 heterocycles. The molecule has 0 bridgehead atoms. The van der Waals surface area contributed by atoms with E-state index in [1.54, 1.807) is 17.5 Å². The summed E-state index contributed by atoms with van der Waals surface area (Å²) < 4.78 is 0. The van der Waals surface area contributed by atoms with Crippen molar-refractivity contribution < 1.29 is 4.79 Å². The van der Waals surface area contributed by atoms with Crippen LogP contribution in [0.1, 0.15) is 42.2 Å². The molecule has 1 atom stereocenters. The monoisotopic (exact) mass is 350 g/mol. The van der Waals surface area contributed by atoms with E-state index in [1.165, 1.54) is 10.4 Å². The maximum atomic E-state index is 12.0. The molecule has 6 heteroatoms. The number of rotatable bonds is 1. The molecule has 25 heavy (non-hydrogen) atoms. The minimum Gasteiger partial charge on any atom is -0.345 e. The normalized spacial score (nSPS) is 21.8. The van der Waals surface area contributed by atoms with E-state index in [-0.39, 0.29) is 11.9 Å². The average Bonchev–Trinajstić information content (AvgIpc) is 3.00. The van der Waals surface area contributed by atoms with Gasteiger partial charge in [-0.05, 0) is 43.9 Å². The third-order valence-corrected chi connectivity index (χ3v) is 6.11. The Hall–Kier alpha value is -2.65. The van der Waals surface area contributed by atoms with Crippen molar-refractivity contribution in [3.8, 4) is 22.3 Å². The van der Waals surface area contributed by atoms with Gasteiger partial charge in [0.2, 0.25) is 5.91 Å². The summed E-state index contributed by atoms with van der Waals surface area (Å²) in [7, 11) is 0. The van der Waals surface area contributed by atoms with E-state index >= 15 is 0 Å². The number of carbonyl (C=O) groups excluding carboxylic acids is 1. The number of carbonyl (C=O) groups is 1. The summed E-state index contributed by atoms with van der Waals surface area (Å²) in [6, 6.07) is 4.26. The van der Waals surface area contributed by atoms with E-state index in [0.29, 0.717) is 6.42 Å². The molecule has 1 aliphatic carbocycles. The number of hydrogen-bond donors (Lipinski definition) is 3. The molecule has 2 aromatic rings. The van der Waals surface area contributed by atoms with Crippen molar-refractivity contribution >= 4 is 23.2 Å². The summed E-state index contributed by atoms with van der Waals surface area (Å²) in [5.41, 5.74) is 2.78. The highest BCUT2D eigenvalue weighted by Crippen LogP contribution is 2.46. The van der Waals surface area contributed by atoms with Crippen LogP contribution < -0.4 is 10.6 Å². The van der Waals surface area contributed by atoms with Gasteiger partial charge in [-0.1, -0.05) is 5.92 Å². The van der Waals surface area contributed by atoms with Gasteiger partial charge < -0.3 is 5.32 Å². The second-order valence-corrected chi connectivity index (χ2v) is 7.52. The molecule has 1 fully saturated rings. The first-order chi connectivity index (χ1) is 12.1. The zero-order valence-corrected chi connectivity index (χ0v) is 14.7. The molecule has 1 spiro atoms. The second kappa shape index (κ2) is 6.01. The molecule has 1 amide bonds. The number of aryl methyl sites for hydroxylation is 1. The number of nitrogens with zero attached hydrogens (tertiary/aromatic N) is 1. The van der Waals surface area contributed by atoms with Crippen molar-refractivity contribution in [3.05, 3.63) is 40.5 Å². The number of aromatic nitrogens is 1. The number of guanidine groups is 1. The fourth-order valence-corrected chi connectivity index (χ4v) is 5.07. The van der Waals surface area contributed by atoms with E-state index in [2.05, 4.69) is 39.6 Å². The van der Waals surface area contributed by atoms with Gasteiger partial charge in [0.1, 0.15) is 0 Å². The summed E-state index contributed by atoms with van der Waals surface area (Å²) >= 11 is 1.70. The summed E-state index contributed by atoms with van der Waals surface area (Å²) in [5.74, 6) is 5.96. The number of thiophene rings is 1. The largest absolute Gasteiger partial charge is 0.345 e. The van der Waals surface area contributed by atoms with Crippen LogP contribution in [0.3, 0.4) is 0 Å². The van der Waals surface area contributed by atoms with E-state index in [0.717, 1.165) is 35.3 Å². The van der Waals surface area contributed by atoms with Gasteiger partial charge in [0, 0.05) is 33.3 Å². The van der Waals surface area contributed by atoms with Crippen LogP contribution in [-0.4, -0.2) is 16.9 Å². The molecule has 2 aliphatic rings. The van der Waals surface area contributed by atoms with Crippen LogP contribution >= 0.6 is 11.3 Å². The van der Waals surface area contributed by atoms with Crippen molar-refractivity contribution in [2.75, 3.05) is 0 Å². The Morgan fingerprint density at radius 1 is 1.36 bits per heavy atom. The number of hydrogen-bond acceptors (Lipinski definition) is 4. The van der Waals surface area contributed by atoms with Crippen molar-refractivity contribution in [2.24, 2.45) is 0 Å². The molecule has 4 rings (SSSR count). The Morgan fingerprint density at radius 2 is 2.24 bits per heavy atom. The lowest BCUT2D eigenvalue weighted by molar-refractivity contribution is -0.122. The van der Waals surface area contributed by atoms with Crippen molar-refractivity contribution in [2.45, 2.75) is 38.1 Å². The molecule has 0 unspecified atom stereocenters. The van der Waals surface area contributed by atoms with E-state index in [9.17, 15) is 4.79 Å². The molecule has 126 valence electrons. The molecule has 0 aromatic carbocycles. The van der Waals surface area contributed by atoms with E-state index < -0.39 is 5.54 Å². The molecule has 0 saturated carbocycles. The smallest absolute Gasteiger partial charge is 0.229 e. The van der Waals surface area contributed by atoms with Crippen LogP contribution in [0.4, 0.5) is 0 Å². The summed E-state index contributed by atoms with van der Waals surface area (Å²) in [5, 5.41) is 13.7. The molecule has 3 N–H and O–H groups in total. The van der Waals surface area contributed by atoms with Crippen molar-refractivity contribution in [3.63, 3.8) is 0 Å². The van der Waals surface area contributed by atoms with Gasteiger partial charge in [-0.15, -0.1) is 17.3 Å². The van der Waals surface area contributed by atoms with Crippen molar-refractivity contribution in [1.82, 2.24) is 15.6 Å². The second-order valence-electron chi connectivity index (χ2n) is 6.46. The molecular formula is C19H18N4OS. The topological polar surface area (TPSA) is 77.9 Å². The first-order valence-corrected chi connectivity index (χ1v) is 9.09. The summed E-state index contributed by atoms with van der Waals surface area (Å²) in [6.45, 7) is 1.81. The molecular weight excluding hydrogens is 332 g/mol. The van der Waals surface area contributed by atoms with Gasteiger partial charge in [-0.25, -0.2) is 0 Å². The number of fused-ring (bicyclic) bond motifs is 2. The maximum Gasteiger partial charge on any atom is 0.229 e. The van der Waals surface area contributed by atoms with Crippen molar-refractivity contribution in [1.29, 1.82) is 5.41 Å². The van der Waals surface area contributed by atoms with E-state index in [4.69, 9.17) is 5.41 Å². The first kappa shape index (κ1) is 15.9. The van der Waals surface area contributed by atoms with Crippen LogP contribution in [0.25, 0.3) is 10.4 Å². The number of pyridine rings is 1. The highest BCUT2D eigenvalue weighted by atomic mass is 32.1. The number of amides is 1. The molecule has 0 radical (unpaired) electrons. The minimum absolute atomic E-state index is 0.0894. The highest BCUT2D eigenvalue weighted by Gasteiger charge is 2.43. The van der Waals surface area contributed by atoms with Gasteiger partial charge >= 0.3 is 0 Å². The van der Waals surface area contributed by atoms with Crippen LogP contribution in [0.5, 0.6) is 0 Å². The Labute approximate surface area is 150 Å². The van der Waals surface area contributed by atoms with Gasteiger partial charge in [-0.2, -0.15) is 0 Å². The van der Waals surface area contributed by atoms with E-state index in [1.807, 2.05) is 13.1 Å². The Kier molecular flexibility index (Phi) is 3.81. The zero-order valence-electron chi connectivity index (χ0n) is 13.9. The first-order valence-electron chi connectivity index (χ1n) is 8.28. The third kappa shape index (κ3) is 2.81. The predicted octanol–water partition coefficient (Wildman–Crippen LogP) is 2.76. The Balaban J connectivity index is 1.77. The Morgan fingerprint density at radius 3 is 3.04 bits per heavy atom. The lowest BCUT2D eigenvalue weighted by Crippen LogP contribution is -2.59. The highest BCUT2D eigenvalue weighted by molar-refractivity contribution is 7.15. The fraction of sp³-hybridized carbons (Fsp3) is 0.316. The van der Waals surface area contributed by atoms with Crippen LogP contribution in [-0.2, 0) is 16.8 Å². The van der Waals surface area contributed by atoms with Gasteiger partial charge in [0.05, 0.1) is 12.0 Å². The molecule has 2 aromatic heterocycles. The van der Waals surface area contributed by atoms with Crippen LogP contribution in [0.2, 0.25) is 0 Å². The lowest BCUT2D eigenvalue weighted by Gasteiger charge is -2.41. The predicted molar refractivity (Wildman–Crippen MR) is 98.3 cm³/mol. The number of nitrogens with one attached hydrogen (secondary N) is 3. The van der Waals surface area contributed by atoms with Gasteiger partial charge in [-0.3, -0.25) is 20.5 Å². The fourth-order valence-electron chi connectivity index (χ4n) is 3.70. The summed E-state index contributed by atoms with van der Waals surface area (Å²) in [6.07, 6.45) is 6.89. The van der Waals surface area contributed by atoms with Crippen LogP contribution in [0.15, 0.2) is 24.5 Å². The standard InChI is InChI=1S/C19H18N4OS/c1-2-4-12-7-14(11-21-10-12)15-8-13-5-3-6-19(17(13)25-15)9-16(24)22-18(20)23-19/h7-8,10-11H,3,5-6,9H2,1H3,(H3,20,22,23,24)/t19-/m1/s1. The average molecular weight is 350 g/mol. The third-order valence-electron chi connectivity index (χ3n) is 4.68. The minimum atomic E-state index is -0.440. The quantitative estimate of drug-likeness (QED) is 0.692. The Bertz CT molecular complexity index is 918. The van der Waals surface area contributed by atoms with Crippen LogP contribution in [0, 0.1) is 17.3 Å². The SMILES string of the molecule is CC#Cc1cncc(-c2cc3c(s2)[C@@]2(CCC3)CC(=O)NC(=N)N2)c1. The molecule has 1 saturated heterocycles. The van der Waals surface area contributed by atoms with Gasteiger partial charge in [0.15, 0.2) is 5.96 Å². The molecule has 1 aliphatic heterocycles. The van der Waals surface area contributed by atoms with Gasteiger partial charge in [0.25, 0.3) is 0 Å².